The average molecular weight is 392 g/mol. The summed E-state index contributed by atoms with van der Waals surface area (Å²) in [7, 11) is 1.64. The first-order chi connectivity index (χ1) is 13.2. The number of piperidine rings is 1. The van der Waals surface area contributed by atoms with E-state index in [1.165, 1.54) is 0 Å². The van der Waals surface area contributed by atoms with E-state index in [4.69, 9.17) is 9.47 Å². The lowest BCUT2D eigenvalue weighted by atomic mass is 9.96. The number of nitrogens with zero attached hydrogens (tertiary/aromatic N) is 3. The molecule has 1 aliphatic rings. The molecule has 0 atom stereocenters. The fourth-order valence-corrected chi connectivity index (χ4v) is 3.41. The van der Waals surface area contributed by atoms with Gasteiger partial charge in [0, 0.05) is 45.0 Å². The van der Waals surface area contributed by atoms with Gasteiger partial charge in [-0.05, 0) is 58.1 Å². The summed E-state index contributed by atoms with van der Waals surface area (Å²) in [5, 5.41) is 0. The van der Waals surface area contributed by atoms with Crippen LogP contribution in [0.15, 0.2) is 12.3 Å². The lowest BCUT2D eigenvalue weighted by Crippen LogP contribution is -2.44. The average Bonchev–Trinajstić information content (AvgIpc) is 2.64. The van der Waals surface area contributed by atoms with Crippen LogP contribution in [-0.4, -0.2) is 67.8 Å². The number of anilines is 1. The summed E-state index contributed by atoms with van der Waals surface area (Å²) in [6.45, 7) is 11.1. The van der Waals surface area contributed by atoms with Crippen LogP contribution in [-0.2, 0) is 9.47 Å². The van der Waals surface area contributed by atoms with Gasteiger partial charge in [0.15, 0.2) is 6.29 Å². The molecule has 0 N–H and O–H groups in total. The third-order valence-corrected chi connectivity index (χ3v) is 4.82. The summed E-state index contributed by atoms with van der Waals surface area (Å²) >= 11 is 0. The fourth-order valence-electron chi connectivity index (χ4n) is 3.41. The van der Waals surface area contributed by atoms with Gasteiger partial charge >= 0.3 is 6.09 Å². The molecule has 7 heteroatoms. The summed E-state index contributed by atoms with van der Waals surface area (Å²) in [4.78, 5) is 31.9. The van der Waals surface area contributed by atoms with Gasteiger partial charge in [-0.15, -0.1) is 0 Å². The molecule has 1 aromatic rings. The van der Waals surface area contributed by atoms with Crippen LogP contribution in [0, 0.1) is 12.8 Å². The number of methoxy groups -OCH3 is 1. The standard InChI is InChI=1S/C21H33N3O4/c1-16-12-18(15-25)13-22-19(16)23-8-6-17(7-9-23)14-24(10-11-27-5)20(26)28-21(2,3)4/h12-13,15,17H,6-11,14H2,1-5H3. The molecule has 0 unspecified atom stereocenters. The molecule has 2 heterocycles. The van der Waals surface area contributed by atoms with Crippen LogP contribution in [0.25, 0.3) is 0 Å². The first-order valence-electron chi connectivity index (χ1n) is 9.87. The maximum atomic E-state index is 12.5. The first kappa shape index (κ1) is 22.1. The Morgan fingerprint density at radius 2 is 2.04 bits per heavy atom. The molecule has 1 amide bonds. The van der Waals surface area contributed by atoms with Gasteiger partial charge in [-0.1, -0.05) is 0 Å². The minimum absolute atomic E-state index is 0.283. The topological polar surface area (TPSA) is 72.0 Å². The number of ether oxygens (including phenoxy) is 2. The molecule has 1 fully saturated rings. The summed E-state index contributed by atoms with van der Waals surface area (Å²) < 4.78 is 10.7. The highest BCUT2D eigenvalue weighted by molar-refractivity contribution is 5.75. The number of carbonyl (C=O) groups excluding carboxylic acids is 2. The fraction of sp³-hybridized carbons (Fsp3) is 0.667. The number of aldehydes is 1. The third kappa shape index (κ3) is 6.48. The van der Waals surface area contributed by atoms with Gasteiger partial charge in [-0.25, -0.2) is 9.78 Å². The van der Waals surface area contributed by atoms with E-state index >= 15 is 0 Å². The Hall–Kier alpha value is -2.15. The van der Waals surface area contributed by atoms with Gasteiger partial charge in [-0.2, -0.15) is 0 Å². The van der Waals surface area contributed by atoms with Crippen molar-refractivity contribution in [1.29, 1.82) is 0 Å². The van der Waals surface area contributed by atoms with Gasteiger partial charge in [0.05, 0.1) is 6.61 Å². The third-order valence-electron chi connectivity index (χ3n) is 4.82. The Labute approximate surface area is 168 Å². The van der Waals surface area contributed by atoms with E-state index in [0.29, 0.717) is 31.2 Å². The molecule has 0 saturated carbocycles. The first-order valence-corrected chi connectivity index (χ1v) is 9.87. The van der Waals surface area contributed by atoms with Gasteiger partial charge < -0.3 is 19.3 Å². The van der Waals surface area contributed by atoms with Crippen LogP contribution in [0.3, 0.4) is 0 Å². The quantitative estimate of drug-likeness (QED) is 0.664. The second kappa shape index (κ2) is 9.87. The number of hydrogen-bond acceptors (Lipinski definition) is 6. The Kier molecular flexibility index (Phi) is 7.80. The van der Waals surface area contributed by atoms with E-state index < -0.39 is 5.60 Å². The molecule has 0 aliphatic carbocycles. The lowest BCUT2D eigenvalue weighted by molar-refractivity contribution is 0.0161. The number of amides is 1. The van der Waals surface area contributed by atoms with Gasteiger partial charge in [0.2, 0.25) is 0 Å². The lowest BCUT2D eigenvalue weighted by Gasteiger charge is -2.36. The Bertz CT molecular complexity index is 664. The molecule has 0 aromatic carbocycles. The number of aromatic nitrogens is 1. The molecular formula is C21H33N3O4. The molecule has 0 radical (unpaired) electrons. The molecular weight excluding hydrogens is 358 g/mol. The van der Waals surface area contributed by atoms with Crippen LogP contribution in [0.1, 0.15) is 49.5 Å². The molecule has 0 spiro atoms. The van der Waals surface area contributed by atoms with Crippen molar-refractivity contribution in [2.75, 3.05) is 44.8 Å². The summed E-state index contributed by atoms with van der Waals surface area (Å²) in [6, 6.07) is 1.87. The molecule has 0 bridgehead atoms. The number of pyridine rings is 1. The zero-order valence-corrected chi connectivity index (χ0v) is 17.7. The number of aryl methyl sites for hydroxylation is 1. The SMILES string of the molecule is COCCN(CC1CCN(c2ncc(C=O)cc2C)CC1)C(=O)OC(C)(C)C. The van der Waals surface area contributed by atoms with Gasteiger partial charge in [-0.3, -0.25) is 4.79 Å². The van der Waals surface area contributed by atoms with Crippen molar-refractivity contribution < 1.29 is 19.1 Å². The second-order valence-electron chi connectivity index (χ2n) is 8.38. The minimum atomic E-state index is -0.511. The minimum Gasteiger partial charge on any atom is -0.444 e. The van der Waals surface area contributed by atoms with Crippen LogP contribution in [0.4, 0.5) is 10.6 Å². The summed E-state index contributed by atoms with van der Waals surface area (Å²) in [5.41, 5.74) is 1.10. The largest absolute Gasteiger partial charge is 0.444 e. The zero-order valence-electron chi connectivity index (χ0n) is 17.7. The van der Waals surface area contributed by atoms with Crippen molar-refractivity contribution in [2.45, 2.75) is 46.1 Å². The Morgan fingerprint density at radius 1 is 1.36 bits per heavy atom. The van der Waals surface area contributed by atoms with Crippen LogP contribution < -0.4 is 4.90 Å². The van der Waals surface area contributed by atoms with Gasteiger partial charge in [0.1, 0.15) is 11.4 Å². The maximum absolute atomic E-state index is 12.5. The van der Waals surface area contributed by atoms with E-state index in [-0.39, 0.29) is 6.09 Å². The zero-order chi connectivity index (χ0) is 20.7. The Morgan fingerprint density at radius 3 is 2.57 bits per heavy atom. The summed E-state index contributed by atoms with van der Waals surface area (Å²) in [5.74, 6) is 1.35. The predicted molar refractivity (Wildman–Crippen MR) is 109 cm³/mol. The van der Waals surface area contributed by atoms with Crippen LogP contribution in [0.5, 0.6) is 0 Å². The van der Waals surface area contributed by atoms with Crippen LogP contribution >= 0.6 is 0 Å². The van der Waals surface area contributed by atoms with Crippen molar-refractivity contribution in [2.24, 2.45) is 5.92 Å². The molecule has 2 rings (SSSR count). The Balaban J connectivity index is 1.94. The van der Waals surface area contributed by atoms with E-state index in [0.717, 1.165) is 43.6 Å². The van der Waals surface area contributed by atoms with E-state index in [2.05, 4.69) is 9.88 Å². The van der Waals surface area contributed by atoms with Crippen molar-refractivity contribution >= 4 is 18.2 Å². The highest BCUT2D eigenvalue weighted by atomic mass is 16.6. The maximum Gasteiger partial charge on any atom is 0.410 e. The normalized spacial score (nSPS) is 15.4. The van der Waals surface area contributed by atoms with E-state index in [9.17, 15) is 9.59 Å². The molecule has 1 saturated heterocycles. The van der Waals surface area contributed by atoms with Crippen molar-refractivity contribution in [3.63, 3.8) is 0 Å². The molecule has 28 heavy (non-hydrogen) atoms. The van der Waals surface area contributed by atoms with Crippen LogP contribution in [0.2, 0.25) is 0 Å². The van der Waals surface area contributed by atoms with Gasteiger partial charge in [0.25, 0.3) is 0 Å². The van der Waals surface area contributed by atoms with Crippen molar-refractivity contribution in [3.05, 3.63) is 23.4 Å². The number of hydrogen-bond donors (Lipinski definition) is 0. The van der Waals surface area contributed by atoms with E-state index in [1.54, 1.807) is 18.2 Å². The van der Waals surface area contributed by atoms with E-state index in [1.807, 2.05) is 33.8 Å². The molecule has 156 valence electrons. The molecule has 1 aromatic heterocycles. The number of rotatable bonds is 7. The second-order valence-corrected chi connectivity index (χ2v) is 8.38. The predicted octanol–water partition coefficient (Wildman–Crippen LogP) is 3.30. The molecule has 1 aliphatic heterocycles. The molecule has 7 nitrogen and oxygen atoms in total. The highest BCUT2D eigenvalue weighted by Crippen LogP contribution is 2.25. The summed E-state index contributed by atoms with van der Waals surface area (Å²) in [6.07, 6.45) is 4.11. The monoisotopic (exact) mass is 391 g/mol. The smallest absolute Gasteiger partial charge is 0.410 e. The van der Waals surface area contributed by atoms with Crippen molar-refractivity contribution in [1.82, 2.24) is 9.88 Å². The van der Waals surface area contributed by atoms with Crippen molar-refractivity contribution in [3.8, 4) is 0 Å². The number of carbonyl (C=O) groups is 2. The highest BCUT2D eigenvalue weighted by Gasteiger charge is 2.27.